The summed E-state index contributed by atoms with van der Waals surface area (Å²) in [6, 6.07) is 0. The normalized spacial score (nSPS) is 9.55. The highest BCUT2D eigenvalue weighted by molar-refractivity contribution is 5.29. The van der Waals surface area contributed by atoms with Gasteiger partial charge in [-0.05, 0) is 33.3 Å². The Kier molecular flexibility index (Phi) is 13.7. The first-order valence-electron chi connectivity index (χ1n) is 3.63. The van der Waals surface area contributed by atoms with E-state index >= 15 is 0 Å². The Balaban J connectivity index is 0. The van der Waals surface area contributed by atoms with Gasteiger partial charge < -0.3 is 5.32 Å². The monoisotopic (exact) mass is 154 g/mol. The third-order valence-electron chi connectivity index (χ3n) is 0.876. The van der Waals surface area contributed by atoms with Gasteiger partial charge in [-0.1, -0.05) is 19.6 Å². The van der Waals surface area contributed by atoms with Gasteiger partial charge in [0, 0.05) is 5.70 Å². The van der Waals surface area contributed by atoms with Crippen LogP contribution in [0.2, 0.25) is 0 Å². The molecule has 0 radical (unpaired) electrons. The van der Waals surface area contributed by atoms with Crippen molar-refractivity contribution in [3.8, 4) is 0 Å². The molecule has 0 atom stereocenters. The van der Waals surface area contributed by atoms with Crippen molar-refractivity contribution in [2.75, 3.05) is 14.1 Å². The lowest BCUT2D eigenvalue weighted by Crippen LogP contribution is -1.89. The van der Waals surface area contributed by atoms with Crippen LogP contribution in [0.25, 0.3) is 0 Å². The SMILES string of the molecule is C=C/C=C(/CC)N=C.CNC. The molecule has 0 aromatic carbocycles. The quantitative estimate of drug-likeness (QED) is 0.488. The van der Waals surface area contributed by atoms with Gasteiger partial charge in [-0.3, -0.25) is 4.99 Å². The molecule has 2 nitrogen and oxygen atoms in total. The zero-order valence-corrected chi connectivity index (χ0v) is 7.72. The van der Waals surface area contributed by atoms with Gasteiger partial charge in [0.2, 0.25) is 0 Å². The molecule has 1 N–H and O–H groups in total. The van der Waals surface area contributed by atoms with Crippen LogP contribution in [0.5, 0.6) is 0 Å². The molecule has 64 valence electrons. The third-order valence-corrected chi connectivity index (χ3v) is 0.876. The average molecular weight is 154 g/mol. The zero-order valence-electron chi connectivity index (χ0n) is 7.72. The van der Waals surface area contributed by atoms with E-state index in [0.717, 1.165) is 12.1 Å². The molecule has 0 aromatic rings. The average Bonchev–Trinajstić information content (AvgIpc) is 2.02. The summed E-state index contributed by atoms with van der Waals surface area (Å²) in [6.07, 6.45) is 4.50. The van der Waals surface area contributed by atoms with Crippen molar-refractivity contribution in [3.63, 3.8) is 0 Å². The molecule has 0 aromatic heterocycles. The predicted molar refractivity (Wildman–Crippen MR) is 53.1 cm³/mol. The summed E-state index contributed by atoms with van der Waals surface area (Å²) in [4.78, 5) is 3.74. The van der Waals surface area contributed by atoms with Crippen LogP contribution in [0, 0.1) is 0 Å². The van der Waals surface area contributed by atoms with Crippen molar-refractivity contribution in [3.05, 3.63) is 24.4 Å². The number of hydrogen-bond acceptors (Lipinski definition) is 2. The number of allylic oxidation sites excluding steroid dienone is 3. The summed E-state index contributed by atoms with van der Waals surface area (Å²) in [5.41, 5.74) is 0.986. The Morgan fingerprint density at radius 2 is 2.00 bits per heavy atom. The van der Waals surface area contributed by atoms with Crippen molar-refractivity contribution in [1.82, 2.24) is 5.32 Å². The summed E-state index contributed by atoms with van der Waals surface area (Å²) < 4.78 is 0. The lowest BCUT2D eigenvalue weighted by molar-refractivity contribution is 1.02. The van der Waals surface area contributed by atoms with Crippen molar-refractivity contribution in [2.45, 2.75) is 13.3 Å². The fourth-order valence-corrected chi connectivity index (χ4v) is 0.418. The Morgan fingerprint density at radius 1 is 1.55 bits per heavy atom. The summed E-state index contributed by atoms with van der Waals surface area (Å²) in [6.45, 7) is 8.95. The standard InChI is InChI=1S/C7H11N.C2H7N/c1-4-6-7(5-2)8-3;1-3-2/h4,6H,1,3,5H2,2H3;3H,1-2H3/b7-6-;. The maximum Gasteiger partial charge on any atom is 0.0393 e. The molecule has 2 heteroatoms. The molecule has 0 saturated carbocycles. The number of aliphatic imine (C=N–C) groups is 1. The second-order valence-corrected chi connectivity index (χ2v) is 1.91. The number of nitrogens with zero attached hydrogens (tertiary/aromatic N) is 1. The van der Waals surface area contributed by atoms with E-state index in [1.54, 1.807) is 6.08 Å². The van der Waals surface area contributed by atoms with Crippen LogP contribution in [0.3, 0.4) is 0 Å². The summed E-state index contributed by atoms with van der Waals surface area (Å²) in [5, 5.41) is 2.75. The highest BCUT2D eigenvalue weighted by atomic mass is 14.7. The maximum atomic E-state index is 3.74. The van der Waals surface area contributed by atoms with Gasteiger partial charge in [-0.25, -0.2) is 0 Å². The molecular formula is C9H18N2. The minimum Gasteiger partial charge on any atom is -0.323 e. The smallest absolute Gasteiger partial charge is 0.0393 e. The van der Waals surface area contributed by atoms with Crippen molar-refractivity contribution in [1.29, 1.82) is 0 Å². The fourth-order valence-electron chi connectivity index (χ4n) is 0.418. The van der Waals surface area contributed by atoms with Gasteiger partial charge in [-0.15, -0.1) is 0 Å². The van der Waals surface area contributed by atoms with E-state index in [1.807, 2.05) is 27.1 Å². The molecule has 0 aliphatic rings. The first-order chi connectivity index (χ1) is 5.26. The third kappa shape index (κ3) is 12.3. The molecule has 0 fully saturated rings. The summed E-state index contributed by atoms with van der Waals surface area (Å²) in [5.74, 6) is 0. The van der Waals surface area contributed by atoms with Gasteiger partial charge in [0.1, 0.15) is 0 Å². The Labute approximate surface area is 69.7 Å². The van der Waals surface area contributed by atoms with Gasteiger partial charge in [0.05, 0.1) is 0 Å². The molecule has 0 amide bonds. The fraction of sp³-hybridized carbons (Fsp3) is 0.444. The number of rotatable bonds is 3. The van der Waals surface area contributed by atoms with Crippen LogP contribution in [0.1, 0.15) is 13.3 Å². The van der Waals surface area contributed by atoms with Crippen molar-refractivity contribution < 1.29 is 0 Å². The van der Waals surface area contributed by atoms with Gasteiger partial charge in [0.15, 0.2) is 0 Å². The second-order valence-electron chi connectivity index (χ2n) is 1.91. The molecule has 0 spiro atoms. The lowest BCUT2D eigenvalue weighted by Gasteiger charge is -1.88. The van der Waals surface area contributed by atoms with Crippen LogP contribution in [0.4, 0.5) is 0 Å². The Bertz CT molecular complexity index is 126. The maximum absolute atomic E-state index is 3.74. The zero-order chi connectivity index (χ0) is 9.11. The molecule has 0 aliphatic heterocycles. The number of nitrogens with one attached hydrogen (secondary N) is 1. The van der Waals surface area contributed by atoms with Crippen LogP contribution >= 0.6 is 0 Å². The molecule has 11 heavy (non-hydrogen) atoms. The van der Waals surface area contributed by atoms with E-state index in [0.29, 0.717) is 0 Å². The minimum atomic E-state index is 0.926. The van der Waals surface area contributed by atoms with E-state index in [9.17, 15) is 0 Å². The van der Waals surface area contributed by atoms with Crippen LogP contribution < -0.4 is 5.32 Å². The predicted octanol–water partition coefficient (Wildman–Crippen LogP) is 2.00. The number of hydrogen-bond donors (Lipinski definition) is 1. The minimum absolute atomic E-state index is 0.926. The van der Waals surface area contributed by atoms with E-state index in [-0.39, 0.29) is 0 Å². The van der Waals surface area contributed by atoms with Crippen LogP contribution in [-0.2, 0) is 0 Å². The lowest BCUT2D eigenvalue weighted by atomic mass is 10.3. The molecule has 0 saturated heterocycles. The molecule has 0 aliphatic carbocycles. The highest BCUT2D eigenvalue weighted by Gasteiger charge is 1.80. The van der Waals surface area contributed by atoms with Gasteiger partial charge in [-0.2, -0.15) is 0 Å². The van der Waals surface area contributed by atoms with Crippen molar-refractivity contribution >= 4 is 6.72 Å². The van der Waals surface area contributed by atoms with E-state index in [1.165, 1.54) is 0 Å². The largest absolute Gasteiger partial charge is 0.323 e. The first-order valence-corrected chi connectivity index (χ1v) is 3.63. The van der Waals surface area contributed by atoms with Gasteiger partial charge >= 0.3 is 0 Å². The second kappa shape index (κ2) is 11.9. The molecular weight excluding hydrogens is 136 g/mol. The molecule has 0 heterocycles. The van der Waals surface area contributed by atoms with E-state index < -0.39 is 0 Å². The van der Waals surface area contributed by atoms with Crippen molar-refractivity contribution in [2.24, 2.45) is 4.99 Å². The summed E-state index contributed by atoms with van der Waals surface area (Å²) in [7, 11) is 3.75. The van der Waals surface area contributed by atoms with Gasteiger partial charge in [0.25, 0.3) is 0 Å². The van der Waals surface area contributed by atoms with Crippen LogP contribution in [0.15, 0.2) is 29.4 Å². The first kappa shape index (κ1) is 12.8. The van der Waals surface area contributed by atoms with E-state index in [2.05, 4.69) is 23.6 Å². The summed E-state index contributed by atoms with van der Waals surface area (Å²) >= 11 is 0. The topological polar surface area (TPSA) is 24.4 Å². The molecule has 0 rings (SSSR count). The molecule has 0 unspecified atom stereocenters. The highest BCUT2D eigenvalue weighted by Crippen LogP contribution is 1.99. The van der Waals surface area contributed by atoms with E-state index in [4.69, 9.17) is 0 Å². The Morgan fingerprint density at radius 3 is 2.09 bits per heavy atom. The Hall–Kier alpha value is -0.890. The molecule has 0 bridgehead atoms. The van der Waals surface area contributed by atoms with Crippen LogP contribution in [-0.4, -0.2) is 20.8 Å².